The van der Waals surface area contributed by atoms with Gasteiger partial charge in [-0.25, -0.2) is 0 Å². The summed E-state index contributed by atoms with van der Waals surface area (Å²) < 4.78 is 0. The molecule has 0 atom stereocenters. The van der Waals surface area contributed by atoms with Crippen molar-refractivity contribution in [3.05, 3.63) is 34.3 Å². The third-order valence-electron chi connectivity index (χ3n) is 2.20. The van der Waals surface area contributed by atoms with Crippen molar-refractivity contribution in [3.8, 4) is 0 Å². The number of hydrogen-bond donors (Lipinski definition) is 2. The number of amides is 1. The highest BCUT2D eigenvalue weighted by atomic mass is 35.5. The van der Waals surface area contributed by atoms with Crippen LogP contribution in [0.5, 0.6) is 0 Å². The van der Waals surface area contributed by atoms with Gasteiger partial charge in [0.2, 0.25) is 0 Å². The van der Waals surface area contributed by atoms with Crippen LogP contribution in [0.3, 0.4) is 0 Å². The van der Waals surface area contributed by atoms with Gasteiger partial charge in [0, 0.05) is 23.7 Å². The predicted molar refractivity (Wildman–Crippen MR) is 73.8 cm³/mol. The van der Waals surface area contributed by atoms with E-state index >= 15 is 0 Å². The Morgan fingerprint density at radius 3 is 2.65 bits per heavy atom. The third kappa shape index (κ3) is 4.94. The third-order valence-corrected chi connectivity index (χ3v) is 2.57. The minimum Gasteiger partial charge on any atom is -0.352 e. The lowest BCUT2D eigenvalue weighted by molar-refractivity contribution is 0.0949. The van der Waals surface area contributed by atoms with Gasteiger partial charge in [-0.05, 0) is 29.7 Å². The lowest BCUT2D eigenvalue weighted by Crippen LogP contribution is -2.27. The molecule has 0 heterocycles. The van der Waals surface area contributed by atoms with Crippen LogP contribution in [0.2, 0.25) is 5.02 Å². The fraction of sp³-hybridized carbons (Fsp3) is 0.417. The Balaban J connectivity index is 0.00000256. The summed E-state index contributed by atoms with van der Waals surface area (Å²) in [4.78, 5) is 11.7. The van der Waals surface area contributed by atoms with Crippen LogP contribution in [-0.4, -0.2) is 12.5 Å². The van der Waals surface area contributed by atoms with Gasteiger partial charge in [-0.3, -0.25) is 4.79 Å². The summed E-state index contributed by atoms with van der Waals surface area (Å²) >= 11 is 5.92. The molecule has 0 aliphatic rings. The van der Waals surface area contributed by atoms with Gasteiger partial charge in [0.1, 0.15) is 0 Å². The topological polar surface area (TPSA) is 55.1 Å². The maximum Gasteiger partial charge on any atom is 0.251 e. The van der Waals surface area contributed by atoms with Crippen LogP contribution in [-0.2, 0) is 6.54 Å². The van der Waals surface area contributed by atoms with E-state index < -0.39 is 0 Å². The van der Waals surface area contributed by atoms with Gasteiger partial charge in [0.15, 0.2) is 0 Å². The Labute approximate surface area is 113 Å². The molecule has 1 amide bonds. The molecule has 0 saturated heterocycles. The number of rotatable bonds is 4. The lowest BCUT2D eigenvalue weighted by Gasteiger charge is -2.09. The standard InChI is InChI=1S/C12H17ClN2O.ClH/c1-8(2)7-15-12(16)9-3-4-11(13)10(5-9)6-14;/h3-5,8H,6-7,14H2,1-2H3,(H,15,16);1H. The van der Waals surface area contributed by atoms with Crippen LogP contribution < -0.4 is 11.1 Å². The number of nitrogens with one attached hydrogen (secondary N) is 1. The molecule has 1 aromatic carbocycles. The smallest absolute Gasteiger partial charge is 0.251 e. The Hall–Kier alpha value is -0.770. The fourth-order valence-electron chi connectivity index (χ4n) is 1.27. The Bertz CT molecular complexity index is 381. The van der Waals surface area contributed by atoms with E-state index in [1.165, 1.54) is 0 Å². The largest absolute Gasteiger partial charge is 0.352 e. The first-order valence-electron chi connectivity index (χ1n) is 5.31. The van der Waals surface area contributed by atoms with Gasteiger partial charge < -0.3 is 11.1 Å². The van der Waals surface area contributed by atoms with Crippen molar-refractivity contribution in [1.29, 1.82) is 0 Å². The molecule has 0 aromatic heterocycles. The van der Waals surface area contributed by atoms with Gasteiger partial charge >= 0.3 is 0 Å². The number of benzene rings is 1. The van der Waals surface area contributed by atoms with Gasteiger partial charge in [-0.15, -0.1) is 12.4 Å². The second-order valence-corrected chi connectivity index (χ2v) is 4.52. The number of halogens is 2. The van der Waals surface area contributed by atoms with Crippen LogP contribution in [0.1, 0.15) is 29.8 Å². The number of carbonyl (C=O) groups is 1. The van der Waals surface area contributed by atoms with Gasteiger partial charge in [-0.1, -0.05) is 25.4 Å². The van der Waals surface area contributed by atoms with Crippen molar-refractivity contribution < 1.29 is 4.79 Å². The molecule has 0 fully saturated rings. The van der Waals surface area contributed by atoms with E-state index in [9.17, 15) is 4.79 Å². The van der Waals surface area contributed by atoms with Crippen molar-refractivity contribution in [2.24, 2.45) is 11.7 Å². The summed E-state index contributed by atoms with van der Waals surface area (Å²) in [5.41, 5.74) is 6.92. The summed E-state index contributed by atoms with van der Waals surface area (Å²) in [6.07, 6.45) is 0. The van der Waals surface area contributed by atoms with Gasteiger partial charge in [0.25, 0.3) is 5.91 Å². The summed E-state index contributed by atoms with van der Waals surface area (Å²) in [5, 5.41) is 3.45. The molecule has 0 bridgehead atoms. The minimum atomic E-state index is -0.0833. The molecule has 0 spiro atoms. The zero-order valence-corrected chi connectivity index (χ0v) is 11.6. The normalized spacial score (nSPS) is 9.94. The van der Waals surface area contributed by atoms with Crippen molar-refractivity contribution in [2.75, 3.05) is 6.54 Å². The number of nitrogens with two attached hydrogens (primary N) is 1. The SMILES string of the molecule is CC(C)CNC(=O)c1ccc(Cl)c(CN)c1.Cl. The van der Waals surface area contributed by atoms with Crippen LogP contribution in [0, 0.1) is 5.92 Å². The molecule has 0 unspecified atom stereocenters. The van der Waals surface area contributed by atoms with Gasteiger partial charge in [-0.2, -0.15) is 0 Å². The average Bonchev–Trinajstić information content (AvgIpc) is 2.26. The highest BCUT2D eigenvalue weighted by Gasteiger charge is 2.08. The molecule has 0 saturated carbocycles. The van der Waals surface area contributed by atoms with Crippen molar-refractivity contribution in [3.63, 3.8) is 0 Å². The molecule has 3 N–H and O–H groups in total. The summed E-state index contributed by atoms with van der Waals surface area (Å²) in [6.45, 7) is 5.10. The van der Waals surface area contributed by atoms with Crippen LogP contribution in [0.15, 0.2) is 18.2 Å². The van der Waals surface area contributed by atoms with E-state index in [0.717, 1.165) is 5.56 Å². The quantitative estimate of drug-likeness (QED) is 0.888. The van der Waals surface area contributed by atoms with E-state index in [2.05, 4.69) is 5.32 Å². The first-order valence-corrected chi connectivity index (χ1v) is 5.69. The molecule has 0 radical (unpaired) electrons. The first-order chi connectivity index (χ1) is 7.54. The highest BCUT2D eigenvalue weighted by molar-refractivity contribution is 6.31. The van der Waals surface area contributed by atoms with Gasteiger partial charge in [0.05, 0.1) is 0 Å². The molecule has 1 rings (SSSR count). The number of carbonyl (C=O) groups excluding carboxylic acids is 1. The van der Waals surface area contributed by atoms with E-state index in [1.54, 1.807) is 18.2 Å². The van der Waals surface area contributed by atoms with Crippen molar-refractivity contribution in [1.82, 2.24) is 5.32 Å². The van der Waals surface area contributed by atoms with E-state index in [1.807, 2.05) is 13.8 Å². The molecule has 17 heavy (non-hydrogen) atoms. The Morgan fingerprint density at radius 2 is 2.12 bits per heavy atom. The molecule has 96 valence electrons. The van der Waals surface area contributed by atoms with Crippen LogP contribution >= 0.6 is 24.0 Å². The van der Waals surface area contributed by atoms with E-state index in [-0.39, 0.29) is 18.3 Å². The second-order valence-electron chi connectivity index (χ2n) is 4.11. The summed E-state index contributed by atoms with van der Waals surface area (Å²) in [7, 11) is 0. The molecule has 5 heteroatoms. The maximum absolute atomic E-state index is 11.7. The zero-order valence-electron chi connectivity index (χ0n) is 10.00. The molecule has 0 aliphatic heterocycles. The van der Waals surface area contributed by atoms with E-state index in [0.29, 0.717) is 29.6 Å². The molecular formula is C12H18Cl2N2O. The average molecular weight is 277 g/mol. The monoisotopic (exact) mass is 276 g/mol. The summed E-state index contributed by atoms with van der Waals surface area (Å²) in [6, 6.07) is 5.14. The van der Waals surface area contributed by atoms with Crippen LogP contribution in [0.4, 0.5) is 0 Å². The highest BCUT2D eigenvalue weighted by Crippen LogP contribution is 2.16. The Kier molecular flexibility index (Phi) is 7.19. The molecule has 3 nitrogen and oxygen atoms in total. The summed E-state index contributed by atoms with van der Waals surface area (Å²) in [5.74, 6) is 0.352. The molecule has 0 aliphatic carbocycles. The van der Waals surface area contributed by atoms with Crippen molar-refractivity contribution >= 4 is 29.9 Å². The fourth-order valence-corrected chi connectivity index (χ4v) is 1.47. The van der Waals surface area contributed by atoms with Crippen LogP contribution in [0.25, 0.3) is 0 Å². The first kappa shape index (κ1) is 16.2. The zero-order chi connectivity index (χ0) is 12.1. The maximum atomic E-state index is 11.7. The van der Waals surface area contributed by atoms with Crippen molar-refractivity contribution in [2.45, 2.75) is 20.4 Å². The number of hydrogen-bond acceptors (Lipinski definition) is 2. The minimum absolute atomic E-state index is 0. The second kappa shape index (κ2) is 7.54. The Morgan fingerprint density at radius 1 is 1.47 bits per heavy atom. The van der Waals surface area contributed by atoms with E-state index in [4.69, 9.17) is 17.3 Å². The molecule has 1 aromatic rings. The predicted octanol–water partition coefficient (Wildman–Crippen LogP) is 2.61. The lowest BCUT2D eigenvalue weighted by atomic mass is 10.1. The molecular weight excluding hydrogens is 259 g/mol.